The minimum absolute atomic E-state index is 0.0690. The van der Waals surface area contributed by atoms with Crippen LogP contribution in [0, 0.1) is 0 Å². The van der Waals surface area contributed by atoms with Crippen molar-refractivity contribution in [1.29, 1.82) is 0 Å². The molecule has 6 nitrogen and oxygen atoms in total. The highest BCUT2D eigenvalue weighted by atomic mass is 16.6. The van der Waals surface area contributed by atoms with E-state index in [2.05, 4.69) is 45.1 Å². The Morgan fingerprint density at radius 1 is 0.308 bits per heavy atom. The second-order valence-corrected chi connectivity index (χ2v) is 19.6. The lowest BCUT2D eigenvalue weighted by atomic mass is 10.0. The average Bonchev–Trinajstić information content (AvgIpc) is 3.30. The van der Waals surface area contributed by atoms with E-state index in [-0.39, 0.29) is 31.1 Å². The first kappa shape index (κ1) is 62.9. The standard InChI is InChI=1S/C59H110O6/c1-4-7-10-13-16-19-22-25-27-29-31-32-34-37-40-43-46-49-52-58(61)64-55-56(54-63-57(60)51-48-45-42-39-36-24-21-18-15-12-9-6-3)65-59(62)53-50-47-44-41-38-35-33-30-28-26-23-20-17-14-11-8-5-2/h17,20,26,28,56H,4-16,18-19,21-25,27,29-55H2,1-3H3/b20-17-,28-26-. The lowest BCUT2D eigenvalue weighted by Crippen LogP contribution is -2.30. The van der Waals surface area contributed by atoms with E-state index in [1.807, 2.05) is 0 Å². The molecular weight excluding hydrogens is 805 g/mol. The number of hydrogen-bond donors (Lipinski definition) is 0. The van der Waals surface area contributed by atoms with Crippen molar-refractivity contribution in [1.82, 2.24) is 0 Å². The molecule has 0 rings (SSSR count). The van der Waals surface area contributed by atoms with Crippen LogP contribution in [0.15, 0.2) is 24.3 Å². The van der Waals surface area contributed by atoms with E-state index in [1.165, 1.54) is 205 Å². The van der Waals surface area contributed by atoms with Gasteiger partial charge >= 0.3 is 17.9 Å². The molecule has 0 aliphatic carbocycles. The maximum Gasteiger partial charge on any atom is 0.306 e. The molecule has 0 bridgehead atoms. The van der Waals surface area contributed by atoms with Crippen molar-refractivity contribution in [3.05, 3.63) is 24.3 Å². The molecule has 65 heavy (non-hydrogen) atoms. The third kappa shape index (κ3) is 52.7. The number of esters is 3. The highest BCUT2D eigenvalue weighted by Crippen LogP contribution is 2.17. The van der Waals surface area contributed by atoms with E-state index >= 15 is 0 Å². The zero-order chi connectivity index (χ0) is 47.2. The summed E-state index contributed by atoms with van der Waals surface area (Å²) in [6.45, 7) is 6.65. The van der Waals surface area contributed by atoms with Gasteiger partial charge in [-0.1, -0.05) is 270 Å². The van der Waals surface area contributed by atoms with Crippen LogP contribution >= 0.6 is 0 Å². The number of hydrogen-bond acceptors (Lipinski definition) is 6. The molecule has 6 heteroatoms. The zero-order valence-electron chi connectivity index (χ0n) is 43.8. The van der Waals surface area contributed by atoms with Crippen LogP contribution in [0.4, 0.5) is 0 Å². The van der Waals surface area contributed by atoms with E-state index in [0.717, 1.165) is 70.6 Å². The Hall–Kier alpha value is -2.11. The summed E-state index contributed by atoms with van der Waals surface area (Å²) in [6.07, 6.45) is 63.1. The molecule has 0 aliphatic rings. The third-order valence-electron chi connectivity index (χ3n) is 13.0. The van der Waals surface area contributed by atoms with E-state index in [1.54, 1.807) is 0 Å². The summed E-state index contributed by atoms with van der Waals surface area (Å²) in [5.74, 6) is -0.856. The molecule has 0 saturated heterocycles. The Labute approximate surface area is 404 Å². The zero-order valence-corrected chi connectivity index (χ0v) is 43.8. The summed E-state index contributed by atoms with van der Waals surface area (Å²) < 4.78 is 16.9. The Bertz CT molecular complexity index is 1050. The van der Waals surface area contributed by atoms with Crippen LogP contribution in [0.25, 0.3) is 0 Å². The van der Waals surface area contributed by atoms with Crippen molar-refractivity contribution in [2.45, 2.75) is 322 Å². The first-order valence-electron chi connectivity index (χ1n) is 28.8. The van der Waals surface area contributed by atoms with Crippen LogP contribution in [0.5, 0.6) is 0 Å². The minimum Gasteiger partial charge on any atom is -0.462 e. The monoisotopic (exact) mass is 915 g/mol. The van der Waals surface area contributed by atoms with Crippen molar-refractivity contribution in [2.75, 3.05) is 13.2 Å². The molecule has 0 heterocycles. The third-order valence-corrected chi connectivity index (χ3v) is 13.0. The first-order chi connectivity index (χ1) is 32.0. The van der Waals surface area contributed by atoms with Gasteiger partial charge in [0.1, 0.15) is 13.2 Å². The van der Waals surface area contributed by atoms with Gasteiger partial charge in [0.15, 0.2) is 6.10 Å². The van der Waals surface area contributed by atoms with Crippen molar-refractivity contribution < 1.29 is 28.6 Å². The van der Waals surface area contributed by atoms with Crippen LogP contribution in [0.2, 0.25) is 0 Å². The van der Waals surface area contributed by atoms with Gasteiger partial charge < -0.3 is 14.2 Å². The molecule has 0 spiro atoms. The Morgan fingerprint density at radius 2 is 0.554 bits per heavy atom. The van der Waals surface area contributed by atoms with Gasteiger partial charge in [-0.25, -0.2) is 0 Å². The van der Waals surface area contributed by atoms with E-state index in [4.69, 9.17) is 14.2 Å². The summed E-state index contributed by atoms with van der Waals surface area (Å²) in [5.41, 5.74) is 0. The lowest BCUT2D eigenvalue weighted by Gasteiger charge is -2.18. The molecule has 0 aromatic heterocycles. The number of allylic oxidation sites excluding steroid dienone is 4. The minimum atomic E-state index is -0.770. The topological polar surface area (TPSA) is 78.9 Å². The van der Waals surface area contributed by atoms with Crippen molar-refractivity contribution in [3.63, 3.8) is 0 Å². The molecule has 1 unspecified atom stereocenters. The number of unbranched alkanes of at least 4 members (excludes halogenated alkanes) is 38. The van der Waals surface area contributed by atoms with Gasteiger partial charge in [0.05, 0.1) is 0 Å². The molecule has 0 radical (unpaired) electrons. The number of ether oxygens (including phenoxy) is 3. The molecule has 0 aromatic carbocycles. The van der Waals surface area contributed by atoms with Crippen molar-refractivity contribution in [3.8, 4) is 0 Å². The second-order valence-electron chi connectivity index (χ2n) is 19.6. The fourth-order valence-electron chi connectivity index (χ4n) is 8.59. The van der Waals surface area contributed by atoms with E-state index in [9.17, 15) is 14.4 Å². The predicted octanol–water partition coefficient (Wildman–Crippen LogP) is 19.1. The van der Waals surface area contributed by atoms with Gasteiger partial charge in [0.2, 0.25) is 0 Å². The summed E-state index contributed by atoms with van der Waals surface area (Å²) in [4.78, 5) is 38.1. The van der Waals surface area contributed by atoms with Gasteiger partial charge in [-0.2, -0.15) is 0 Å². The SMILES string of the molecule is CCCCC/C=C\C/C=C\CCCCCCCCCC(=O)OC(COC(=O)CCCCCCCCCCCCCC)COC(=O)CCCCCCCCCCCCCCCCCCCC. The quantitative estimate of drug-likeness (QED) is 0.0262. The van der Waals surface area contributed by atoms with Gasteiger partial charge in [-0.15, -0.1) is 0 Å². The molecule has 382 valence electrons. The summed E-state index contributed by atoms with van der Waals surface area (Å²) >= 11 is 0. The fraction of sp³-hybridized carbons (Fsp3) is 0.881. The highest BCUT2D eigenvalue weighted by Gasteiger charge is 2.19. The molecule has 0 aromatic rings. The largest absolute Gasteiger partial charge is 0.462 e. The van der Waals surface area contributed by atoms with Crippen molar-refractivity contribution in [2.24, 2.45) is 0 Å². The smallest absolute Gasteiger partial charge is 0.306 e. The normalized spacial score (nSPS) is 12.1. The number of carbonyl (C=O) groups is 3. The Kier molecular flexibility index (Phi) is 52.7. The molecule has 1 atom stereocenters. The van der Waals surface area contributed by atoms with Crippen molar-refractivity contribution >= 4 is 17.9 Å². The fourth-order valence-corrected chi connectivity index (χ4v) is 8.59. The van der Waals surface area contributed by atoms with Crippen LogP contribution in [0.3, 0.4) is 0 Å². The average molecular weight is 916 g/mol. The first-order valence-corrected chi connectivity index (χ1v) is 28.8. The lowest BCUT2D eigenvalue weighted by molar-refractivity contribution is -0.167. The van der Waals surface area contributed by atoms with E-state index in [0.29, 0.717) is 19.3 Å². The Morgan fingerprint density at radius 3 is 0.877 bits per heavy atom. The molecule has 0 fully saturated rings. The summed E-state index contributed by atoms with van der Waals surface area (Å²) in [6, 6.07) is 0. The molecule has 0 amide bonds. The van der Waals surface area contributed by atoms with Crippen LogP contribution in [0.1, 0.15) is 316 Å². The molecule has 0 saturated carbocycles. The number of carbonyl (C=O) groups excluding carboxylic acids is 3. The second kappa shape index (κ2) is 54.5. The highest BCUT2D eigenvalue weighted by molar-refractivity contribution is 5.71. The summed E-state index contributed by atoms with van der Waals surface area (Å²) in [7, 11) is 0. The predicted molar refractivity (Wildman–Crippen MR) is 279 cm³/mol. The maximum absolute atomic E-state index is 12.8. The van der Waals surface area contributed by atoms with Gasteiger partial charge in [-0.3, -0.25) is 14.4 Å². The van der Waals surface area contributed by atoms with Gasteiger partial charge in [0.25, 0.3) is 0 Å². The maximum atomic E-state index is 12.8. The molecule has 0 N–H and O–H groups in total. The Balaban J connectivity index is 4.31. The van der Waals surface area contributed by atoms with Crippen LogP contribution in [-0.4, -0.2) is 37.2 Å². The molecular formula is C59H110O6. The number of rotatable bonds is 53. The molecule has 0 aliphatic heterocycles. The van der Waals surface area contributed by atoms with Gasteiger partial charge in [-0.05, 0) is 51.4 Å². The summed E-state index contributed by atoms with van der Waals surface area (Å²) in [5, 5.41) is 0. The van der Waals surface area contributed by atoms with Crippen LogP contribution < -0.4 is 0 Å². The van der Waals surface area contributed by atoms with Crippen LogP contribution in [-0.2, 0) is 28.6 Å². The van der Waals surface area contributed by atoms with E-state index < -0.39 is 6.10 Å². The van der Waals surface area contributed by atoms with Gasteiger partial charge in [0, 0.05) is 19.3 Å².